The highest BCUT2D eigenvalue weighted by Gasteiger charge is 2.27. The van der Waals surface area contributed by atoms with Crippen LogP contribution in [-0.2, 0) is 9.53 Å². The number of hydrogen-bond acceptors (Lipinski definition) is 6. The Bertz CT molecular complexity index is 546. The number of halogens is 1. The van der Waals surface area contributed by atoms with Crippen molar-refractivity contribution in [3.05, 3.63) is 32.3 Å². The van der Waals surface area contributed by atoms with E-state index in [4.69, 9.17) is 9.47 Å². The van der Waals surface area contributed by atoms with E-state index in [9.17, 15) is 20.0 Å². The Morgan fingerprint density at radius 3 is 2.57 bits per heavy atom. The van der Waals surface area contributed by atoms with E-state index in [1.54, 1.807) is 6.92 Å². The molecular formula is C13H16BrNO6. The van der Waals surface area contributed by atoms with Crippen molar-refractivity contribution in [3.63, 3.8) is 0 Å². The number of aliphatic hydroxyl groups excluding tert-OH is 1. The third-order valence-corrected chi connectivity index (χ3v) is 3.08. The first kappa shape index (κ1) is 17.4. The van der Waals surface area contributed by atoms with Gasteiger partial charge >= 0.3 is 11.7 Å². The topological polar surface area (TPSA) is 98.9 Å². The largest absolute Gasteiger partial charge is 0.472 e. The van der Waals surface area contributed by atoms with Crippen LogP contribution in [0, 0.1) is 10.1 Å². The van der Waals surface area contributed by atoms with Crippen LogP contribution in [0.5, 0.6) is 5.75 Å². The fourth-order valence-corrected chi connectivity index (χ4v) is 2.12. The van der Waals surface area contributed by atoms with Gasteiger partial charge in [-0.3, -0.25) is 10.1 Å². The van der Waals surface area contributed by atoms with Crippen LogP contribution in [0.25, 0.3) is 0 Å². The van der Waals surface area contributed by atoms with Gasteiger partial charge in [0.15, 0.2) is 6.10 Å². The first-order chi connectivity index (χ1) is 9.77. The second kappa shape index (κ2) is 7.37. The van der Waals surface area contributed by atoms with Gasteiger partial charge in [0.25, 0.3) is 0 Å². The van der Waals surface area contributed by atoms with Crippen molar-refractivity contribution in [3.8, 4) is 5.75 Å². The van der Waals surface area contributed by atoms with Crippen LogP contribution in [0.15, 0.2) is 16.6 Å². The number of benzene rings is 1. The quantitative estimate of drug-likeness (QED) is 0.475. The van der Waals surface area contributed by atoms with E-state index >= 15 is 0 Å². The summed E-state index contributed by atoms with van der Waals surface area (Å²) in [5.41, 5.74) is -0.122. The second-order valence-corrected chi connectivity index (χ2v) is 5.20. The molecule has 0 amide bonds. The van der Waals surface area contributed by atoms with Gasteiger partial charge in [-0.2, -0.15) is 0 Å². The molecule has 0 radical (unpaired) electrons. The number of aliphatic hydroxyl groups is 1. The van der Waals surface area contributed by atoms with Crippen molar-refractivity contribution in [1.29, 1.82) is 0 Å². The molecule has 0 bridgehead atoms. The maximum Gasteiger partial charge on any atom is 0.347 e. The van der Waals surface area contributed by atoms with Crippen molar-refractivity contribution in [2.45, 2.75) is 33.0 Å². The number of hydrogen-bond donors (Lipinski definition) is 1. The second-order valence-electron chi connectivity index (χ2n) is 4.29. The van der Waals surface area contributed by atoms with E-state index in [0.29, 0.717) is 4.47 Å². The number of nitro groups is 1. The highest BCUT2D eigenvalue weighted by Crippen LogP contribution is 2.38. The van der Waals surface area contributed by atoms with Crippen molar-refractivity contribution >= 4 is 27.6 Å². The molecule has 0 aromatic heterocycles. The summed E-state index contributed by atoms with van der Waals surface area (Å²) in [6.07, 6.45) is -2.02. The molecule has 1 rings (SSSR count). The van der Waals surface area contributed by atoms with E-state index in [-0.39, 0.29) is 23.6 Å². The molecule has 0 aliphatic carbocycles. The summed E-state index contributed by atoms with van der Waals surface area (Å²) < 4.78 is 10.6. The number of nitro benzene ring substituents is 1. The molecule has 0 heterocycles. The molecule has 0 spiro atoms. The molecule has 2 atom stereocenters. The predicted octanol–water partition coefficient (Wildman–Crippen LogP) is 2.74. The Morgan fingerprint density at radius 1 is 1.48 bits per heavy atom. The highest BCUT2D eigenvalue weighted by molar-refractivity contribution is 9.10. The van der Waals surface area contributed by atoms with Crippen LogP contribution in [0.4, 0.5) is 5.69 Å². The van der Waals surface area contributed by atoms with Crippen molar-refractivity contribution in [1.82, 2.24) is 0 Å². The third kappa shape index (κ3) is 4.40. The van der Waals surface area contributed by atoms with Gasteiger partial charge < -0.3 is 14.6 Å². The molecule has 1 aromatic carbocycles. The Labute approximate surface area is 130 Å². The molecule has 0 saturated heterocycles. The van der Waals surface area contributed by atoms with Crippen molar-refractivity contribution < 1.29 is 24.3 Å². The van der Waals surface area contributed by atoms with Crippen LogP contribution >= 0.6 is 15.9 Å². The zero-order valence-corrected chi connectivity index (χ0v) is 13.4. The number of esters is 1. The maximum atomic E-state index is 11.6. The Morgan fingerprint density at radius 2 is 2.10 bits per heavy atom. The first-order valence-electron chi connectivity index (χ1n) is 6.27. The Hall–Kier alpha value is -1.67. The summed E-state index contributed by atoms with van der Waals surface area (Å²) in [5, 5.41) is 20.9. The Balaban J connectivity index is 3.25. The molecule has 116 valence electrons. The molecule has 0 fully saturated rings. The molecule has 21 heavy (non-hydrogen) atoms. The third-order valence-electron chi connectivity index (χ3n) is 2.62. The summed E-state index contributed by atoms with van der Waals surface area (Å²) in [6.45, 7) is 4.70. The van der Waals surface area contributed by atoms with E-state index in [1.165, 1.54) is 26.0 Å². The van der Waals surface area contributed by atoms with E-state index < -0.39 is 23.1 Å². The standard InChI is InChI=1S/C13H16BrNO6/c1-4-20-13(17)8(3)21-12-10(7(2)16)5-9(14)6-11(12)15(18)19/h5-8,16H,4H2,1-3H3/t7-,8?/m0/s1. The number of ether oxygens (including phenoxy) is 2. The van der Waals surface area contributed by atoms with Gasteiger partial charge in [0.2, 0.25) is 5.75 Å². The average molecular weight is 362 g/mol. The summed E-state index contributed by atoms with van der Waals surface area (Å²) >= 11 is 3.14. The molecule has 0 saturated carbocycles. The fourth-order valence-electron chi connectivity index (χ4n) is 1.66. The number of carbonyl (C=O) groups is 1. The van der Waals surface area contributed by atoms with E-state index in [2.05, 4.69) is 15.9 Å². The van der Waals surface area contributed by atoms with Gasteiger partial charge in [0, 0.05) is 16.1 Å². The number of carbonyl (C=O) groups excluding carboxylic acids is 1. The lowest BCUT2D eigenvalue weighted by Crippen LogP contribution is -2.27. The van der Waals surface area contributed by atoms with Gasteiger partial charge in [-0.05, 0) is 26.8 Å². The average Bonchev–Trinajstić information content (AvgIpc) is 2.39. The Kier molecular flexibility index (Phi) is 6.10. The molecular weight excluding hydrogens is 346 g/mol. The lowest BCUT2D eigenvalue weighted by Gasteiger charge is -2.17. The maximum absolute atomic E-state index is 11.6. The van der Waals surface area contributed by atoms with Gasteiger partial charge in [-0.25, -0.2) is 4.79 Å². The summed E-state index contributed by atoms with van der Waals surface area (Å²) in [7, 11) is 0. The van der Waals surface area contributed by atoms with Crippen LogP contribution in [0.1, 0.15) is 32.4 Å². The summed E-state index contributed by atoms with van der Waals surface area (Å²) in [4.78, 5) is 22.1. The smallest absolute Gasteiger partial charge is 0.347 e. The van der Waals surface area contributed by atoms with E-state index in [1.807, 2.05) is 0 Å². The van der Waals surface area contributed by atoms with Crippen molar-refractivity contribution in [2.24, 2.45) is 0 Å². The minimum absolute atomic E-state index is 0.140. The van der Waals surface area contributed by atoms with Crippen LogP contribution < -0.4 is 4.74 Å². The van der Waals surface area contributed by atoms with Gasteiger partial charge in [0.1, 0.15) is 0 Å². The minimum atomic E-state index is -1.03. The van der Waals surface area contributed by atoms with Crippen molar-refractivity contribution in [2.75, 3.05) is 6.61 Å². The number of nitrogens with zero attached hydrogens (tertiary/aromatic N) is 1. The molecule has 7 nitrogen and oxygen atoms in total. The molecule has 1 unspecified atom stereocenters. The molecule has 8 heteroatoms. The molecule has 1 N–H and O–H groups in total. The molecule has 0 aliphatic rings. The van der Waals surface area contributed by atoms with E-state index in [0.717, 1.165) is 0 Å². The summed E-state index contributed by atoms with van der Waals surface area (Å²) in [5.74, 6) is -0.773. The van der Waals surface area contributed by atoms with Gasteiger partial charge in [-0.15, -0.1) is 0 Å². The van der Waals surface area contributed by atoms with Crippen LogP contribution in [-0.4, -0.2) is 28.7 Å². The number of rotatable bonds is 6. The van der Waals surface area contributed by atoms with Gasteiger partial charge in [-0.1, -0.05) is 15.9 Å². The van der Waals surface area contributed by atoms with Crippen LogP contribution in [0.3, 0.4) is 0 Å². The minimum Gasteiger partial charge on any atom is -0.472 e. The zero-order chi connectivity index (χ0) is 16.2. The lowest BCUT2D eigenvalue weighted by molar-refractivity contribution is -0.386. The van der Waals surface area contributed by atoms with Crippen LogP contribution in [0.2, 0.25) is 0 Å². The van der Waals surface area contributed by atoms with Gasteiger partial charge in [0.05, 0.1) is 17.6 Å². The monoisotopic (exact) mass is 361 g/mol. The SMILES string of the molecule is CCOC(=O)C(C)Oc1c([C@H](C)O)cc(Br)cc1[N+](=O)[O-]. The fraction of sp³-hybridized carbons (Fsp3) is 0.462. The molecule has 1 aromatic rings. The summed E-state index contributed by atoms with van der Waals surface area (Å²) in [6, 6.07) is 2.75. The lowest BCUT2D eigenvalue weighted by atomic mass is 10.1. The first-order valence-corrected chi connectivity index (χ1v) is 7.06. The molecule has 0 aliphatic heterocycles. The zero-order valence-electron chi connectivity index (χ0n) is 11.8. The predicted molar refractivity (Wildman–Crippen MR) is 78.2 cm³/mol. The highest BCUT2D eigenvalue weighted by atomic mass is 79.9. The normalized spacial score (nSPS) is 13.4.